The van der Waals surface area contributed by atoms with Gasteiger partial charge in [0.25, 0.3) is 0 Å². The van der Waals surface area contributed by atoms with Gasteiger partial charge < -0.3 is 10.5 Å². The average Bonchev–Trinajstić information content (AvgIpc) is 2.67. The quantitative estimate of drug-likeness (QED) is 0.761. The molecule has 0 bridgehead atoms. The molecule has 2 aromatic carbocycles. The van der Waals surface area contributed by atoms with Crippen LogP contribution in [0.4, 0.5) is 0 Å². The number of hydrogen-bond donors (Lipinski definition) is 1. The number of piperidine rings is 1. The summed E-state index contributed by atoms with van der Waals surface area (Å²) in [7, 11) is -3.52. The molecule has 160 valence electrons. The molecule has 2 aromatic rings. The zero-order valence-corrected chi connectivity index (χ0v) is 17.8. The molecule has 1 amide bonds. The number of nitrogens with zero attached hydrogens (tertiary/aromatic N) is 2. The fourth-order valence-corrected chi connectivity index (χ4v) is 5.55. The summed E-state index contributed by atoms with van der Waals surface area (Å²) in [5.74, 6) is 1.03. The number of aryl methyl sites for hydroxylation is 1. The first-order chi connectivity index (χ1) is 14.3. The molecule has 2 aliphatic heterocycles. The van der Waals surface area contributed by atoms with Crippen LogP contribution in [0.5, 0.6) is 11.5 Å². The molecule has 7 nitrogen and oxygen atoms in total. The van der Waals surface area contributed by atoms with E-state index >= 15 is 0 Å². The van der Waals surface area contributed by atoms with Crippen LogP contribution in [-0.2, 0) is 14.8 Å². The van der Waals surface area contributed by atoms with Gasteiger partial charge in [-0.2, -0.15) is 4.31 Å². The molecule has 0 aromatic heterocycles. The molecule has 0 aliphatic carbocycles. The van der Waals surface area contributed by atoms with Gasteiger partial charge in [0.15, 0.2) is 0 Å². The zero-order valence-electron chi connectivity index (χ0n) is 17.0. The maximum atomic E-state index is 12.9. The van der Waals surface area contributed by atoms with Gasteiger partial charge in [-0.15, -0.1) is 0 Å². The Bertz CT molecular complexity index is 1010. The Morgan fingerprint density at radius 3 is 2.30 bits per heavy atom. The Morgan fingerprint density at radius 1 is 1.03 bits per heavy atom. The van der Waals surface area contributed by atoms with E-state index in [1.165, 1.54) is 4.31 Å². The highest BCUT2D eigenvalue weighted by Crippen LogP contribution is 2.29. The van der Waals surface area contributed by atoms with Crippen LogP contribution in [0.25, 0.3) is 0 Å². The Hall–Kier alpha value is -2.42. The summed E-state index contributed by atoms with van der Waals surface area (Å²) >= 11 is 0. The third-order valence-electron chi connectivity index (χ3n) is 5.96. The monoisotopic (exact) mass is 429 g/mol. The van der Waals surface area contributed by atoms with E-state index in [1.54, 1.807) is 24.3 Å². The van der Waals surface area contributed by atoms with E-state index in [0.29, 0.717) is 18.8 Å². The van der Waals surface area contributed by atoms with Crippen molar-refractivity contribution in [1.29, 1.82) is 0 Å². The van der Waals surface area contributed by atoms with Crippen molar-refractivity contribution in [1.82, 2.24) is 9.21 Å². The minimum atomic E-state index is -3.52. The molecule has 0 unspecified atom stereocenters. The molecule has 0 atom stereocenters. The Morgan fingerprint density at radius 2 is 1.70 bits per heavy atom. The number of likely N-dealkylation sites (tertiary alicyclic amines) is 1. The number of amides is 1. The number of primary amides is 1. The van der Waals surface area contributed by atoms with Gasteiger partial charge in [0.05, 0.1) is 4.90 Å². The Labute approximate surface area is 177 Å². The van der Waals surface area contributed by atoms with Crippen LogP contribution < -0.4 is 10.5 Å². The predicted octanol–water partition coefficient (Wildman–Crippen LogP) is 2.36. The number of rotatable bonds is 6. The Kier molecular flexibility index (Phi) is 5.81. The number of carbonyl (C=O) groups is 1. The molecular formula is C22H27N3O4S. The third-order valence-corrected chi connectivity index (χ3v) is 7.81. The van der Waals surface area contributed by atoms with Crippen LogP contribution in [0.1, 0.15) is 18.4 Å². The summed E-state index contributed by atoms with van der Waals surface area (Å²) in [4.78, 5) is 13.8. The molecule has 0 saturated carbocycles. The number of ether oxygens (including phenoxy) is 1. The second kappa shape index (κ2) is 8.37. The molecular weight excluding hydrogens is 402 g/mol. The van der Waals surface area contributed by atoms with Crippen molar-refractivity contribution in [3.8, 4) is 11.5 Å². The molecule has 2 aliphatic rings. The van der Waals surface area contributed by atoms with Crippen LogP contribution in [0.15, 0.2) is 53.4 Å². The molecule has 8 heteroatoms. The molecule has 2 saturated heterocycles. The minimum absolute atomic E-state index is 0.0540. The SMILES string of the molecule is Cc1cccc(Oc2ccc(S(=O)(=O)N3CC(N4CCC(C(N)=O)CC4)C3)cc2)c1. The molecule has 4 rings (SSSR count). The normalized spacial score (nSPS) is 19.4. The predicted molar refractivity (Wildman–Crippen MR) is 114 cm³/mol. The van der Waals surface area contributed by atoms with E-state index in [1.807, 2.05) is 31.2 Å². The van der Waals surface area contributed by atoms with Gasteiger partial charge in [-0.3, -0.25) is 9.69 Å². The van der Waals surface area contributed by atoms with Gasteiger partial charge in [0.2, 0.25) is 15.9 Å². The fourth-order valence-electron chi connectivity index (χ4n) is 4.04. The van der Waals surface area contributed by atoms with E-state index in [2.05, 4.69) is 4.90 Å². The average molecular weight is 430 g/mol. The molecule has 0 radical (unpaired) electrons. The maximum Gasteiger partial charge on any atom is 0.243 e. The summed E-state index contributed by atoms with van der Waals surface area (Å²) in [6.45, 7) is 4.52. The van der Waals surface area contributed by atoms with Crippen LogP contribution in [0.3, 0.4) is 0 Å². The van der Waals surface area contributed by atoms with Crippen molar-refractivity contribution >= 4 is 15.9 Å². The highest BCUT2D eigenvalue weighted by molar-refractivity contribution is 7.89. The standard InChI is InChI=1S/C22H27N3O4S/c1-16-3-2-4-20(13-16)29-19-5-7-21(8-6-19)30(27,28)25-14-18(15-25)24-11-9-17(10-12-24)22(23)26/h2-8,13,17-18H,9-12,14-15H2,1H3,(H2,23,26). The lowest BCUT2D eigenvalue weighted by Gasteiger charge is -2.46. The number of benzene rings is 2. The number of hydrogen-bond acceptors (Lipinski definition) is 5. The topological polar surface area (TPSA) is 92.9 Å². The lowest BCUT2D eigenvalue weighted by atomic mass is 9.94. The summed E-state index contributed by atoms with van der Waals surface area (Å²) < 4.78 is 33.1. The van der Waals surface area contributed by atoms with Gasteiger partial charge in [-0.25, -0.2) is 8.42 Å². The number of sulfonamides is 1. The van der Waals surface area contributed by atoms with Gasteiger partial charge >= 0.3 is 0 Å². The van der Waals surface area contributed by atoms with Crippen LogP contribution in [-0.4, -0.2) is 55.8 Å². The van der Waals surface area contributed by atoms with Crippen molar-refractivity contribution in [2.75, 3.05) is 26.2 Å². The summed E-state index contributed by atoms with van der Waals surface area (Å²) in [5.41, 5.74) is 6.48. The largest absolute Gasteiger partial charge is 0.457 e. The zero-order chi connectivity index (χ0) is 21.3. The first-order valence-electron chi connectivity index (χ1n) is 10.2. The Balaban J connectivity index is 1.34. The van der Waals surface area contributed by atoms with Crippen LogP contribution in [0.2, 0.25) is 0 Å². The lowest BCUT2D eigenvalue weighted by Crippen LogP contribution is -2.62. The summed E-state index contributed by atoms with van der Waals surface area (Å²) in [6.07, 6.45) is 1.50. The minimum Gasteiger partial charge on any atom is -0.457 e. The van der Waals surface area contributed by atoms with E-state index < -0.39 is 10.0 Å². The molecule has 2 fully saturated rings. The van der Waals surface area contributed by atoms with Gasteiger partial charge in [-0.1, -0.05) is 12.1 Å². The van der Waals surface area contributed by atoms with E-state index in [4.69, 9.17) is 10.5 Å². The van der Waals surface area contributed by atoms with E-state index in [9.17, 15) is 13.2 Å². The second-order valence-corrected chi connectivity index (χ2v) is 10.0. The highest BCUT2D eigenvalue weighted by Gasteiger charge is 2.40. The number of carbonyl (C=O) groups excluding carboxylic acids is 1. The van der Waals surface area contributed by atoms with Crippen molar-refractivity contribution < 1.29 is 17.9 Å². The summed E-state index contributed by atoms with van der Waals surface area (Å²) in [6, 6.07) is 14.4. The fraction of sp³-hybridized carbons (Fsp3) is 0.409. The number of nitrogens with two attached hydrogens (primary N) is 1. The third kappa shape index (κ3) is 4.35. The molecule has 2 N–H and O–H groups in total. The second-order valence-electron chi connectivity index (χ2n) is 8.08. The van der Waals surface area contributed by atoms with E-state index in [0.717, 1.165) is 37.2 Å². The molecule has 2 heterocycles. The van der Waals surface area contributed by atoms with Gasteiger partial charge in [-0.05, 0) is 74.8 Å². The maximum absolute atomic E-state index is 12.9. The van der Waals surface area contributed by atoms with Crippen LogP contribution in [0, 0.1) is 12.8 Å². The first kappa shape index (κ1) is 20.8. The van der Waals surface area contributed by atoms with Crippen molar-refractivity contribution in [3.05, 3.63) is 54.1 Å². The highest BCUT2D eigenvalue weighted by atomic mass is 32.2. The van der Waals surface area contributed by atoms with Gasteiger partial charge in [0, 0.05) is 25.0 Å². The van der Waals surface area contributed by atoms with Crippen molar-refractivity contribution in [2.45, 2.75) is 30.7 Å². The van der Waals surface area contributed by atoms with Crippen molar-refractivity contribution in [2.24, 2.45) is 11.7 Å². The van der Waals surface area contributed by atoms with Crippen molar-refractivity contribution in [3.63, 3.8) is 0 Å². The lowest BCUT2D eigenvalue weighted by molar-refractivity contribution is -0.123. The van der Waals surface area contributed by atoms with Gasteiger partial charge in [0.1, 0.15) is 11.5 Å². The van der Waals surface area contributed by atoms with Crippen LogP contribution >= 0.6 is 0 Å². The smallest absolute Gasteiger partial charge is 0.243 e. The summed E-state index contributed by atoms with van der Waals surface area (Å²) in [5, 5.41) is 0. The van der Waals surface area contributed by atoms with E-state index in [-0.39, 0.29) is 22.8 Å². The first-order valence-corrected chi connectivity index (χ1v) is 11.6. The molecule has 30 heavy (non-hydrogen) atoms. The molecule has 0 spiro atoms.